The highest BCUT2D eigenvalue weighted by molar-refractivity contribution is 6.35. The third-order valence-corrected chi connectivity index (χ3v) is 7.08. The minimum absolute atomic E-state index is 0.00897. The Labute approximate surface area is 224 Å². The van der Waals surface area contributed by atoms with Gasteiger partial charge in [0.25, 0.3) is 5.91 Å². The molecule has 1 amide bonds. The van der Waals surface area contributed by atoms with Gasteiger partial charge >= 0.3 is 0 Å². The molecule has 0 radical (unpaired) electrons. The topological polar surface area (TPSA) is 95.6 Å². The van der Waals surface area contributed by atoms with Gasteiger partial charge in [-0.1, -0.05) is 23.7 Å². The van der Waals surface area contributed by atoms with Gasteiger partial charge in [0.15, 0.2) is 11.6 Å². The van der Waals surface area contributed by atoms with E-state index in [0.29, 0.717) is 34.5 Å². The number of fused-ring (bicyclic) bond motifs is 1. The zero-order valence-corrected chi connectivity index (χ0v) is 22.1. The molecule has 5 rings (SSSR count). The highest BCUT2D eigenvalue weighted by Gasteiger charge is 2.24. The van der Waals surface area contributed by atoms with Gasteiger partial charge in [-0.25, -0.2) is 9.37 Å². The lowest BCUT2D eigenvalue weighted by Crippen LogP contribution is -2.43. The minimum atomic E-state index is -0.635. The predicted octanol–water partition coefficient (Wildman–Crippen LogP) is 4.43. The van der Waals surface area contributed by atoms with Gasteiger partial charge in [0.1, 0.15) is 5.75 Å². The van der Waals surface area contributed by atoms with Crippen LogP contribution in [0.1, 0.15) is 16.1 Å². The first-order valence-corrected chi connectivity index (χ1v) is 12.5. The fraction of sp³-hybridized carbons (Fsp3) is 0.296. The Kier molecular flexibility index (Phi) is 7.46. The number of halogens is 2. The average Bonchev–Trinajstić information content (AvgIpc) is 3.36. The van der Waals surface area contributed by atoms with Crippen LogP contribution >= 0.6 is 11.6 Å². The second kappa shape index (κ2) is 10.9. The van der Waals surface area contributed by atoms with Gasteiger partial charge in [0.05, 0.1) is 36.0 Å². The van der Waals surface area contributed by atoms with Crippen LogP contribution in [0.15, 0.2) is 42.7 Å². The normalized spacial score (nSPS) is 14.6. The number of imidazole rings is 1. The molecule has 3 heterocycles. The first kappa shape index (κ1) is 25.9. The van der Waals surface area contributed by atoms with Crippen LogP contribution in [-0.4, -0.2) is 78.1 Å². The summed E-state index contributed by atoms with van der Waals surface area (Å²) in [6.07, 6.45) is 3.38. The first-order valence-electron chi connectivity index (χ1n) is 12.1. The van der Waals surface area contributed by atoms with Gasteiger partial charge in [0.2, 0.25) is 5.95 Å². The Morgan fingerprint density at radius 2 is 1.92 bits per heavy atom. The molecule has 2 aromatic heterocycles. The number of hydrogen-bond donors (Lipinski definition) is 2. The van der Waals surface area contributed by atoms with Crippen LogP contribution in [0.25, 0.3) is 22.0 Å². The lowest BCUT2D eigenvalue weighted by atomic mass is 9.96. The minimum Gasteiger partial charge on any atom is -0.495 e. The first-order chi connectivity index (χ1) is 18.4. The van der Waals surface area contributed by atoms with Crippen molar-refractivity contribution in [1.82, 2.24) is 24.8 Å². The third-order valence-electron chi connectivity index (χ3n) is 6.70. The van der Waals surface area contributed by atoms with Crippen LogP contribution < -0.4 is 14.8 Å². The molecule has 1 aliphatic rings. The predicted molar refractivity (Wildman–Crippen MR) is 145 cm³/mol. The number of rotatable bonds is 7. The summed E-state index contributed by atoms with van der Waals surface area (Å²) in [6, 6.07) is 8.11. The van der Waals surface area contributed by atoms with Gasteiger partial charge in [-0.05, 0) is 24.7 Å². The Hall–Kier alpha value is -3.73. The Bertz CT molecular complexity index is 1460. The van der Waals surface area contributed by atoms with E-state index >= 15 is 4.39 Å². The summed E-state index contributed by atoms with van der Waals surface area (Å²) >= 11 is 6.53. The van der Waals surface area contributed by atoms with Gasteiger partial charge in [-0.3, -0.25) is 20.0 Å². The number of hydrogen-bond acceptors (Lipinski definition) is 7. The molecule has 11 heteroatoms. The van der Waals surface area contributed by atoms with E-state index in [4.69, 9.17) is 21.1 Å². The number of nitrogens with one attached hydrogen (secondary N) is 2. The Morgan fingerprint density at radius 1 is 1.16 bits per heavy atom. The van der Waals surface area contributed by atoms with Crippen LogP contribution in [0.5, 0.6) is 11.5 Å². The molecule has 0 atom stereocenters. The zero-order valence-electron chi connectivity index (χ0n) is 21.3. The van der Waals surface area contributed by atoms with E-state index < -0.39 is 11.7 Å². The van der Waals surface area contributed by atoms with E-state index in [-0.39, 0.29) is 22.1 Å². The second-order valence-corrected chi connectivity index (χ2v) is 9.50. The van der Waals surface area contributed by atoms with E-state index in [1.165, 1.54) is 20.3 Å². The molecule has 2 N–H and O–H groups in total. The number of likely N-dealkylation sites (N-methyl/N-ethyl adjacent to an activating group) is 1. The zero-order chi connectivity index (χ0) is 26.8. The molecule has 38 heavy (non-hydrogen) atoms. The molecule has 0 spiro atoms. The van der Waals surface area contributed by atoms with Gasteiger partial charge in [0, 0.05) is 62.1 Å². The second-order valence-electron chi connectivity index (χ2n) is 9.12. The van der Waals surface area contributed by atoms with Gasteiger partial charge in [-0.2, -0.15) is 0 Å². The van der Waals surface area contributed by atoms with Crippen molar-refractivity contribution in [2.45, 2.75) is 6.54 Å². The van der Waals surface area contributed by atoms with Gasteiger partial charge < -0.3 is 19.4 Å². The molecule has 1 aliphatic heterocycles. The van der Waals surface area contributed by atoms with Crippen LogP contribution in [0, 0.1) is 5.82 Å². The number of anilines is 1. The van der Waals surface area contributed by atoms with E-state index in [9.17, 15) is 4.79 Å². The maximum atomic E-state index is 15.4. The summed E-state index contributed by atoms with van der Waals surface area (Å²) in [7, 11) is 4.93. The maximum Gasteiger partial charge on any atom is 0.260 e. The van der Waals surface area contributed by atoms with E-state index in [1.54, 1.807) is 36.7 Å². The number of carbonyl (C=O) groups excluding carboxylic acids is 1. The van der Waals surface area contributed by atoms with E-state index in [2.05, 4.69) is 37.1 Å². The summed E-state index contributed by atoms with van der Waals surface area (Å²) < 4.78 is 25.9. The monoisotopic (exact) mass is 538 g/mol. The molecular formula is C27H28ClFN6O3. The number of aromatic nitrogens is 3. The number of aromatic amines is 1. The lowest BCUT2D eigenvalue weighted by Gasteiger charge is -2.31. The van der Waals surface area contributed by atoms with E-state index in [0.717, 1.165) is 31.9 Å². The fourth-order valence-electron chi connectivity index (χ4n) is 4.61. The summed E-state index contributed by atoms with van der Waals surface area (Å²) in [5.41, 5.74) is 2.11. The Balaban J connectivity index is 1.44. The number of nitrogens with zero attached hydrogens (tertiary/aromatic N) is 4. The number of H-pyrrole nitrogens is 1. The molecule has 2 aromatic carbocycles. The largest absolute Gasteiger partial charge is 0.495 e. The summed E-state index contributed by atoms with van der Waals surface area (Å²) in [5, 5.41) is 3.46. The highest BCUT2D eigenvalue weighted by atomic mass is 35.5. The molecule has 0 aliphatic carbocycles. The van der Waals surface area contributed by atoms with Crippen LogP contribution in [0.4, 0.5) is 10.3 Å². The number of pyridine rings is 1. The number of amides is 1. The van der Waals surface area contributed by atoms with Gasteiger partial charge in [-0.15, -0.1) is 0 Å². The quantitative estimate of drug-likeness (QED) is 0.359. The third kappa shape index (κ3) is 5.02. The van der Waals surface area contributed by atoms with Crippen molar-refractivity contribution in [3.63, 3.8) is 0 Å². The van der Waals surface area contributed by atoms with Crippen molar-refractivity contribution < 1.29 is 18.7 Å². The number of piperazine rings is 1. The molecule has 0 saturated carbocycles. The molecule has 0 bridgehead atoms. The van der Waals surface area contributed by atoms with Crippen molar-refractivity contribution in [2.24, 2.45) is 0 Å². The summed E-state index contributed by atoms with van der Waals surface area (Å²) in [4.78, 5) is 29.9. The number of ether oxygens (including phenoxy) is 2. The molecule has 1 saturated heterocycles. The fourth-order valence-corrected chi connectivity index (χ4v) is 4.93. The smallest absolute Gasteiger partial charge is 0.260 e. The van der Waals surface area contributed by atoms with Crippen LogP contribution in [0.2, 0.25) is 5.02 Å². The Morgan fingerprint density at radius 3 is 2.66 bits per heavy atom. The van der Waals surface area contributed by atoms with Crippen LogP contribution in [0.3, 0.4) is 0 Å². The van der Waals surface area contributed by atoms with Crippen molar-refractivity contribution in [3.05, 3.63) is 64.8 Å². The highest BCUT2D eigenvalue weighted by Crippen LogP contribution is 2.44. The number of carbonyl (C=O) groups is 1. The molecule has 198 valence electrons. The number of benzene rings is 2. The van der Waals surface area contributed by atoms with Crippen molar-refractivity contribution in [3.8, 4) is 22.6 Å². The summed E-state index contributed by atoms with van der Waals surface area (Å²) in [6.45, 7) is 4.68. The maximum absolute atomic E-state index is 15.4. The standard InChI is InChI=1S/C27H28ClFN6O3/c1-34-9-11-35(12-10-34)15-16-14-31-27(32-16)33-26(36)19-7-6-17(18-5-4-8-30-25(18)19)22-23(28)20(37-2)13-21(38-3)24(22)29/h4-8,13-14H,9-12,15H2,1-3H3,(H2,31,32,33,36). The van der Waals surface area contributed by atoms with E-state index in [1.807, 2.05) is 0 Å². The lowest BCUT2D eigenvalue weighted by molar-refractivity contribution is 0.102. The SMILES string of the molecule is COc1cc(OC)c(Cl)c(-c2ccc(C(=O)Nc3nc(CN4CCN(C)CC4)c[nH]3)c3ncccc23)c1F. The molecule has 4 aromatic rings. The number of methoxy groups -OCH3 is 2. The van der Waals surface area contributed by atoms with Crippen molar-refractivity contribution >= 4 is 34.4 Å². The molecule has 9 nitrogen and oxygen atoms in total. The van der Waals surface area contributed by atoms with Crippen molar-refractivity contribution in [1.29, 1.82) is 0 Å². The summed E-state index contributed by atoms with van der Waals surface area (Å²) in [5.74, 6) is -0.423. The average molecular weight is 539 g/mol. The van der Waals surface area contributed by atoms with Crippen LogP contribution in [-0.2, 0) is 6.54 Å². The molecule has 0 unspecified atom stereocenters. The molecular weight excluding hydrogens is 511 g/mol. The van der Waals surface area contributed by atoms with Crippen molar-refractivity contribution in [2.75, 3.05) is 52.8 Å². The molecule has 1 fully saturated rings.